The standard InChI is InChI=1S/C17H27N3O2S.HI/c1-3-18-17(20-12-15-5-4-10-23-15)19-9-8-13-6-7-14(22-2)11-16(13)21;/h6-7,11,15,21H,3-5,8-10,12H2,1-2H3,(H2,18,19,20);1H. The molecular weight excluding hydrogens is 437 g/mol. The predicted octanol–water partition coefficient (Wildman–Crippen LogP) is 3.01. The van der Waals surface area contributed by atoms with Gasteiger partial charge in [0.25, 0.3) is 0 Å². The quantitative estimate of drug-likeness (QED) is 0.328. The molecule has 0 bridgehead atoms. The minimum Gasteiger partial charge on any atom is -0.508 e. The second kappa shape index (κ2) is 11.7. The molecular formula is C17H28IN3O2S. The molecule has 1 aliphatic rings. The molecule has 136 valence electrons. The van der Waals surface area contributed by atoms with E-state index in [2.05, 4.69) is 22.5 Å². The van der Waals surface area contributed by atoms with Crippen LogP contribution in [0.25, 0.3) is 0 Å². The van der Waals surface area contributed by atoms with Gasteiger partial charge in [-0.3, -0.25) is 4.99 Å². The van der Waals surface area contributed by atoms with E-state index in [1.165, 1.54) is 18.6 Å². The molecule has 0 radical (unpaired) electrons. The molecule has 0 saturated carbocycles. The molecule has 1 atom stereocenters. The van der Waals surface area contributed by atoms with Gasteiger partial charge in [-0.1, -0.05) is 6.07 Å². The van der Waals surface area contributed by atoms with Crippen molar-refractivity contribution < 1.29 is 9.84 Å². The van der Waals surface area contributed by atoms with E-state index >= 15 is 0 Å². The average molecular weight is 465 g/mol. The monoisotopic (exact) mass is 465 g/mol. The van der Waals surface area contributed by atoms with Crippen LogP contribution in [0.5, 0.6) is 11.5 Å². The van der Waals surface area contributed by atoms with Gasteiger partial charge in [0, 0.05) is 24.4 Å². The smallest absolute Gasteiger partial charge is 0.191 e. The fourth-order valence-corrected chi connectivity index (χ4v) is 3.70. The summed E-state index contributed by atoms with van der Waals surface area (Å²) in [5.41, 5.74) is 0.903. The Kier molecular flexibility index (Phi) is 10.3. The normalized spacial score (nSPS) is 17.2. The molecule has 1 aromatic carbocycles. The van der Waals surface area contributed by atoms with Crippen molar-refractivity contribution in [3.63, 3.8) is 0 Å². The zero-order valence-corrected chi connectivity index (χ0v) is 17.5. The number of guanidine groups is 1. The van der Waals surface area contributed by atoms with Gasteiger partial charge in [-0.25, -0.2) is 0 Å². The highest BCUT2D eigenvalue weighted by Crippen LogP contribution is 2.26. The van der Waals surface area contributed by atoms with Crippen LogP contribution in [0.1, 0.15) is 25.3 Å². The Bertz CT molecular complexity index is 523. The SMILES string of the molecule is CCNC(=NCC1CCCS1)NCCc1ccc(OC)cc1O.I. The van der Waals surface area contributed by atoms with E-state index in [0.717, 1.165) is 37.6 Å². The maximum Gasteiger partial charge on any atom is 0.191 e. The molecule has 1 heterocycles. The third kappa shape index (κ3) is 6.96. The first-order chi connectivity index (χ1) is 11.2. The lowest BCUT2D eigenvalue weighted by atomic mass is 10.1. The zero-order chi connectivity index (χ0) is 16.5. The van der Waals surface area contributed by atoms with Gasteiger partial charge in [-0.15, -0.1) is 24.0 Å². The van der Waals surface area contributed by atoms with Crippen LogP contribution in [0.2, 0.25) is 0 Å². The molecule has 1 aromatic rings. The van der Waals surface area contributed by atoms with Crippen LogP contribution in [-0.2, 0) is 6.42 Å². The van der Waals surface area contributed by atoms with Crippen LogP contribution >= 0.6 is 35.7 Å². The van der Waals surface area contributed by atoms with Crippen LogP contribution in [0.15, 0.2) is 23.2 Å². The molecule has 1 saturated heterocycles. The summed E-state index contributed by atoms with van der Waals surface area (Å²) in [6, 6.07) is 5.41. The Balaban J connectivity index is 0.00000288. The topological polar surface area (TPSA) is 65.9 Å². The molecule has 0 aromatic heterocycles. The van der Waals surface area contributed by atoms with Crippen LogP contribution < -0.4 is 15.4 Å². The molecule has 1 aliphatic heterocycles. The Hall–Kier alpha value is -0.830. The molecule has 24 heavy (non-hydrogen) atoms. The first kappa shape index (κ1) is 21.2. The van der Waals surface area contributed by atoms with Gasteiger partial charge >= 0.3 is 0 Å². The summed E-state index contributed by atoms with van der Waals surface area (Å²) in [6.45, 7) is 4.51. The Morgan fingerprint density at radius 2 is 2.25 bits per heavy atom. The second-order valence-corrected chi connectivity index (χ2v) is 6.93. The summed E-state index contributed by atoms with van der Waals surface area (Å²) in [5, 5.41) is 17.3. The van der Waals surface area contributed by atoms with Gasteiger partial charge in [-0.2, -0.15) is 11.8 Å². The summed E-state index contributed by atoms with van der Waals surface area (Å²) in [5.74, 6) is 3.06. The van der Waals surface area contributed by atoms with Gasteiger partial charge in [0.1, 0.15) is 11.5 Å². The Labute approximate surface area is 166 Å². The molecule has 1 unspecified atom stereocenters. The number of aromatic hydroxyl groups is 1. The van der Waals surface area contributed by atoms with Gasteiger partial charge < -0.3 is 20.5 Å². The number of ether oxygens (including phenoxy) is 1. The third-order valence-corrected chi connectivity index (χ3v) is 5.18. The molecule has 2 rings (SSSR count). The van der Waals surface area contributed by atoms with Crippen molar-refractivity contribution >= 4 is 41.7 Å². The van der Waals surface area contributed by atoms with Crippen LogP contribution in [0, 0.1) is 0 Å². The fraction of sp³-hybridized carbons (Fsp3) is 0.588. The number of nitrogens with one attached hydrogen (secondary N) is 2. The van der Waals surface area contributed by atoms with Crippen molar-refractivity contribution in [3.05, 3.63) is 23.8 Å². The minimum absolute atomic E-state index is 0. The molecule has 0 aliphatic carbocycles. The molecule has 0 spiro atoms. The average Bonchev–Trinajstić information content (AvgIpc) is 3.07. The number of phenolic OH excluding ortho intramolecular Hbond substituents is 1. The first-order valence-electron chi connectivity index (χ1n) is 8.22. The Morgan fingerprint density at radius 1 is 1.42 bits per heavy atom. The first-order valence-corrected chi connectivity index (χ1v) is 9.27. The number of phenols is 1. The van der Waals surface area contributed by atoms with E-state index in [1.54, 1.807) is 13.2 Å². The molecule has 7 heteroatoms. The number of thioether (sulfide) groups is 1. The lowest BCUT2D eigenvalue weighted by molar-refractivity contribution is 0.406. The van der Waals surface area contributed by atoms with E-state index in [1.807, 2.05) is 23.9 Å². The number of halogens is 1. The lowest BCUT2D eigenvalue weighted by Gasteiger charge is -2.13. The Morgan fingerprint density at radius 3 is 2.88 bits per heavy atom. The molecule has 0 amide bonds. The van der Waals surface area contributed by atoms with Gasteiger partial charge in [-0.05, 0) is 43.6 Å². The number of hydrogen-bond acceptors (Lipinski definition) is 4. The lowest BCUT2D eigenvalue weighted by Crippen LogP contribution is -2.38. The number of aliphatic imine (C=N–C) groups is 1. The summed E-state index contributed by atoms with van der Waals surface area (Å²) >= 11 is 2.02. The van der Waals surface area contributed by atoms with Crippen molar-refractivity contribution in [1.29, 1.82) is 0 Å². The fourth-order valence-electron chi connectivity index (χ4n) is 2.52. The third-order valence-electron chi connectivity index (χ3n) is 3.80. The summed E-state index contributed by atoms with van der Waals surface area (Å²) < 4.78 is 5.10. The molecule has 1 fully saturated rings. The van der Waals surface area contributed by atoms with E-state index in [9.17, 15) is 5.11 Å². The molecule has 3 N–H and O–H groups in total. The number of benzene rings is 1. The highest BCUT2D eigenvalue weighted by Gasteiger charge is 2.15. The van der Waals surface area contributed by atoms with Crippen LogP contribution in [0.4, 0.5) is 0 Å². The number of hydrogen-bond donors (Lipinski definition) is 3. The molecule has 5 nitrogen and oxygen atoms in total. The largest absolute Gasteiger partial charge is 0.508 e. The summed E-state index contributed by atoms with van der Waals surface area (Å²) in [7, 11) is 1.60. The number of rotatable bonds is 7. The summed E-state index contributed by atoms with van der Waals surface area (Å²) in [4.78, 5) is 4.67. The van der Waals surface area contributed by atoms with E-state index in [4.69, 9.17) is 4.74 Å². The second-order valence-electron chi connectivity index (χ2n) is 5.53. The van der Waals surface area contributed by atoms with E-state index in [0.29, 0.717) is 11.0 Å². The van der Waals surface area contributed by atoms with Crippen molar-refractivity contribution in [2.24, 2.45) is 4.99 Å². The minimum atomic E-state index is 0. The van der Waals surface area contributed by atoms with Gasteiger partial charge in [0.2, 0.25) is 0 Å². The zero-order valence-electron chi connectivity index (χ0n) is 14.4. The van der Waals surface area contributed by atoms with Gasteiger partial charge in [0.05, 0.1) is 13.7 Å². The van der Waals surface area contributed by atoms with Crippen molar-refractivity contribution in [3.8, 4) is 11.5 Å². The predicted molar refractivity (Wildman–Crippen MR) is 113 cm³/mol. The maximum atomic E-state index is 9.98. The van der Waals surface area contributed by atoms with E-state index < -0.39 is 0 Å². The maximum absolute atomic E-state index is 9.98. The van der Waals surface area contributed by atoms with Crippen molar-refractivity contribution in [1.82, 2.24) is 10.6 Å². The van der Waals surface area contributed by atoms with Crippen molar-refractivity contribution in [2.75, 3.05) is 32.5 Å². The van der Waals surface area contributed by atoms with Crippen LogP contribution in [-0.4, -0.2) is 48.8 Å². The van der Waals surface area contributed by atoms with E-state index in [-0.39, 0.29) is 29.7 Å². The number of methoxy groups -OCH3 is 1. The van der Waals surface area contributed by atoms with Crippen LogP contribution in [0.3, 0.4) is 0 Å². The summed E-state index contributed by atoms with van der Waals surface area (Å²) in [6.07, 6.45) is 3.32. The van der Waals surface area contributed by atoms with Gasteiger partial charge in [0.15, 0.2) is 5.96 Å². The highest BCUT2D eigenvalue weighted by atomic mass is 127. The van der Waals surface area contributed by atoms with Crippen molar-refractivity contribution in [2.45, 2.75) is 31.4 Å². The number of nitrogens with zero attached hydrogens (tertiary/aromatic N) is 1. The highest BCUT2D eigenvalue weighted by molar-refractivity contribution is 14.0.